The summed E-state index contributed by atoms with van der Waals surface area (Å²) in [6.07, 6.45) is 0. The molecule has 2 nitrogen and oxygen atoms in total. The van der Waals surface area contributed by atoms with Gasteiger partial charge in [0.15, 0.2) is 5.58 Å². The van der Waals surface area contributed by atoms with Crippen LogP contribution in [0.2, 0.25) is 0 Å². The third kappa shape index (κ3) is 2.02. The summed E-state index contributed by atoms with van der Waals surface area (Å²) in [5.41, 5.74) is 9.52. The van der Waals surface area contributed by atoms with Gasteiger partial charge in [0, 0.05) is 27.1 Å². The maximum Gasteiger partial charge on any atom is 0.159 e. The number of nitrogens with zero attached hydrogens (tertiary/aromatic N) is 1. The van der Waals surface area contributed by atoms with Crippen LogP contribution in [-0.4, -0.2) is 4.57 Å². The van der Waals surface area contributed by atoms with Crippen molar-refractivity contribution in [3.8, 4) is 16.9 Å². The first kappa shape index (κ1) is 17.0. The Bertz CT molecular complexity index is 1660. The fourth-order valence-corrected chi connectivity index (χ4v) is 5.66. The van der Waals surface area contributed by atoms with E-state index in [2.05, 4.69) is 103 Å². The van der Waals surface area contributed by atoms with Gasteiger partial charge in [0.2, 0.25) is 0 Å². The molecule has 0 spiro atoms. The van der Waals surface area contributed by atoms with Crippen LogP contribution < -0.4 is 0 Å². The molecule has 0 saturated carbocycles. The Hall–Kier alpha value is -3.78. The van der Waals surface area contributed by atoms with Crippen molar-refractivity contribution >= 4 is 32.8 Å². The molecule has 6 aromatic rings. The molecule has 0 N–H and O–H groups in total. The molecule has 4 aromatic carbocycles. The van der Waals surface area contributed by atoms with Crippen LogP contribution in [0.1, 0.15) is 25.0 Å². The average Bonchev–Trinajstić information content (AvgIpc) is 3.42. The van der Waals surface area contributed by atoms with Crippen LogP contribution >= 0.6 is 0 Å². The summed E-state index contributed by atoms with van der Waals surface area (Å²) in [6, 6.07) is 32.4. The highest BCUT2D eigenvalue weighted by molar-refractivity contribution is 6.09. The second kappa shape index (κ2) is 5.67. The third-order valence-electron chi connectivity index (χ3n) is 6.98. The fourth-order valence-electron chi connectivity index (χ4n) is 5.66. The van der Waals surface area contributed by atoms with Crippen LogP contribution in [0.4, 0.5) is 0 Å². The molecule has 0 bridgehead atoms. The van der Waals surface area contributed by atoms with E-state index in [-0.39, 0.29) is 5.41 Å². The van der Waals surface area contributed by atoms with Crippen LogP contribution in [0.15, 0.2) is 95.4 Å². The zero-order valence-electron chi connectivity index (χ0n) is 17.5. The third-order valence-corrected chi connectivity index (χ3v) is 6.98. The monoisotopic (exact) mass is 399 g/mol. The van der Waals surface area contributed by atoms with Crippen molar-refractivity contribution in [2.24, 2.45) is 0 Å². The largest absolute Gasteiger partial charge is 0.454 e. The summed E-state index contributed by atoms with van der Waals surface area (Å²) in [5, 5.41) is 3.63. The van der Waals surface area contributed by atoms with E-state index >= 15 is 0 Å². The van der Waals surface area contributed by atoms with Crippen LogP contribution in [0.3, 0.4) is 0 Å². The minimum absolute atomic E-state index is 0.0570. The van der Waals surface area contributed by atoms with Crippen molar-refractivity contribution < 1.29 is 4.42 Å². The topological polar surface area (TPSA) is 18.1 Å². The molecular weight excluding hydrogens is 378 g/mol. The molecule has 0 unspecified atom stereocenters. The number of fused-ring (bicyclic) bond motifs is 8. The van der Waals surface area contributed by atoms with Crippen LogP contribution in [0.5, 0.6) is 0 Å². The van der Waals surface area contributed by atoms with Crippen molar-refractivity contribution in [3.63, 3.8) is 0 Å². The molecule has 0 aliphatic heterocycles. The molecule has 0 radical (unpaired) electrons. The van der Waals surface area contributed by atoms with Crippen molar-refractivity contribution in [2.45, 2.75) is 19.3 Å². The maximum absolute atomic E-state index is 6.44. The fraction of sp³-hybridized carbons (Fsp3) is 0.103. The molecule has 148 valence electrons. The number of hydrogen-bond donors (Lipinski definition) is 0. The van der Waals surface area contributed by atoms with E-state index in [1.165, 1.54) is 33.3 Å². The molecule has 0 amide bonds. The molecule has 31 heavy (non-hydrogen) atoms. The maximum atomic E-state index is 6.44. The minimum Gasteiger partial charge on any atom is -0.454 e. The van der Waals surface area contributed by atoms with Gasteiger partial charge >= 0.3 is 0 Å². The molecule has 2 heteroatoms. The first-order valence-electron chi connectivity index (χ1n) is 10.8. The van der Waals surface area contributed by atoms with Gasteiger partial charge in [0.1, 0.15) is 5.58 Å². The van der Waals surface area contributed by atoms with E-state index in [0.29, 0.717) is 0 Å². The van der Waals surface area contributed by atoms with E-state index in [0.717, 1.165) is 27.6 Å². The highest BCUT2D eigenvalue weighted by atomic mass is 16.3. The van der Waals surface area contributed by atoms with Crippen molar-refractivity contribution in [1.29, 1.82) is 0 Å². The highest BCUT2D eigenvalue weighted by Crippen LogP contribution is 2.54. The number of para-hydroxylation sites is 3. The van der Waals surface area contributed by atoms with E-state index < -0.39 is 0 Å². The molecule has 7 rings (SSSR count). The Balaban J connectivity index is 1.69. The Morgan fingerprint density at radius 2 is 1.39 bits per heavy atom. The van der Waals surface area contributed by atoms with Gasteiger partial charge in [-0.1, -0.05) is 86.6 Å². The van der Waals surface area contributed by atoms with Gasteiger partial charge in [-0.2, -0.15) is 0 Å². The van der Waals surface area contributed by atoms with E-state index in [9.17, 15) is 0 Å². The molecule has 2 aromatic heterocycles. The minimum atomic E-state index is -0.0570. The standard InChI is InChI=1S/C29H21NO/c1-29(2)22-14-6-3-11-20(22)27-26(29)21-12-4-7-15-23(21)30(27)24-16-9-13-19-18-10-5-8-17-25(18)31-28(19)24/h3-17H,1-2H3. The molecule has 0 fully saturated rings. The number of furan rings is 1. The molecule has 1 aliphatic rings. The Labute approximate surface area is 180 Å². The van der Waals surface area contributed by atoms with E-state index in [1.54, 1.807) is 0 Å². The van der Waals surface area contributed by atoms with E-state index in [1.807, 2.05) is 6.07 Å². The van der Waals surface area contributed by atoms with E-state index in [4.69, 9.17) is 4.42 Å². The van der Waals surface area contributed by atoms with Gasteiger partial charge in [-0.15, -0.1) is 0 Å². The lowest BCUT2D eigenvalue weighted by Crippen LogP contribution is -2.14. The Morgan fingerprint density at radius 1 is 0.677 bits per heavy atom. The molecule has 2 heterocycles. The van der Waals surface area contributed by atoms with Crippen LogP contribution in [0.25, 0.3) is 49.8 Å². The summed E-state index contributed by atoms with van der Waals surface area (Å²) in [6.45, 7) is 4.69. The number of hydrogen-bond acceptors (Lipinski definition) is 1. The molecule has 0 atom stereocenters. The summed E-state index contributed by atoms with van der Waals surface area (Å²) < 4.78 is 8.85. The zero-order chi connectivity index (χ0) is 20.7. The Kier molecular flexibility index (Phi) is 3.10. The van der Waals surface area contributed by atoms with Gasteiger partial charge in [0.05, 0.1) is 16.9 Å². The van der Waals surface area contributed by atoms with Gasteiger partial charge < -0.3 is 8.98 Å². The zero-order valence-corrected chi connectivity index (χ0v) is 17.5. The van der Waals surface area contributed by atoms with Gasteiger partial charge in [-0.25, -0.2) is 0 Å². The van der Waals surface area contributed by atoms with Crippen molar-refractivity contribution in [3.05, 3.63) is 102 Å². The van der Waals surface area contributed by atoms with Crippen molar-refractivity contribution in [2.75, 3.05) is 0 Å². The lowest BCUT2D eigenvalue weighted by molar-refractivity contribution is 0.663. The second-order valence-electron chi connectivity index (χ2n) is 9.00. The van der Waals surface area contributed by atoms with Crippen LogP contribution in [-0.2, 0) is 5.41 Å². The summed E-state index contributed by atoms with van der Waals surface area (Å²) in [5.74, 6) is 0. The molecule has 1 aliphatic carbocycles. The second-order valence-corrected chi connectivity index (χ2v) is 9.00. The van der Waals surface area contributed by atoms with Gasteiger partial charge in [-0.3, -0.25) is 0 Å². The summed E-state index contributed by atoms with van der Waals surface area (Å²) >= 11 is 0. The smallest absolute Gasteiger partial charge is 0.159 e. The number of benzene rings is 4. The summed E-state index contributed by atoms with van der Waals surface area (Å²) in [7, 11) is 0. The predicted molar refractivity (Wildman–Crippen MR) is 128 cm³/mol. The summed E-state index contributed by atoms with van der Waals surface area (Å²) in [4.78, 5) is 0. The number of aromatic nitrogens is 1. The molecule has 0 saturated heterocycles. The first-order chi connectivity index (χ1) is 15.2. The SMILES string of the molecule is CC1(C)c2ccccc2-c2c1c1ccccc1n2-c1cccc2c1oc1ccccc12. The highest BCUT2D eigenvalue weighted by Gasteiger charge is 2.40. The first-order valence-corrected chi connectivity index (χ1v) is 10.8. The quantitative estimate of drug-likeness (QED) is 0.275. The van der Waals surface area contributed by atoms with Crippen molar-refractivity contribution in [1.82, 2.24) is 4.57 Å². The number of rotatable bonds is 1. The Morgan fingerprint density at radius 3 is 2.29 bits per heavy atom. The van der Waals surface area contributed by atoms with Gasteiger partial charge in [-0.05, 0) is 29.3 Å². The average molecular weight is 399 g/mol. The lowest BCUT2D eigenvalue weighted by Gasteiger charge is -2.21. The lowest BCUT2D eigenvalue weighted by atomic mass is 9.81. The normalized spacial score (nSPS) is 14.4. The molecular formula is C29H21NO. The van der Waals surface area contributed by atoms with Crippen LogP contribution in [0, 0.1) is 0 Å². The van der Waals surface area contributed by atoms with Gasteiger partial charge in [0.25, 0.3) is 0 Å². The predicted octanol–water partition coefficient (Wildman–Crippen LogP) is 7.84.